The van der Waals surface area contributed by atoms with E-state index in [1.54, 1.807) is 72.8 Å². The number of carbonyl (C=O) groups is 7. The van der Waals surface area contributed by atoms with Gasteiger partial charge in [-0.15, -0.1) is 0 Å². The zero-order chi connectivity index (χ0) is 37.8. The number of benzene rings is 5. The van der Waals surface area contributed by atoms with Crippen LogP contribution in [0, 0.1) is 6.92 Å². The van der Waals surface area contributed by atoms with Gasteiger partial charge in [-0.3, -0.25) is 28.9 Å². The molecule has 0 saturated heterocycles. The maximum atomic E-state index is 14.1. The minimum absolute atomic E-state index is 0.208. The molecule has 0 fully saturated rings. The normalized spacial score (nSPS) is 14.5. The van der Waals surface area contributed by atoms with Gasteiger partial charge in [-0.1, -0.05) is 54.1 Å². The standard InChI is InChI=1S/C41H36N4O8/c1-24-8-9-28-19-32(13-11-27(28)16-24)41(52)53-34-15-14-29-18-31(12-10-30(29)20-34)39(50)43-35-21-44(26(3)48)36-6-4-5-7-37(36)45(40(35)51)22-38(49)42-33(23-46)17-25(2)47/h4-16,18-20,23,33,35H,17,21-22H2,1-3H3,(H,42,49)(H,43,50)/t33-,35-/m0/s1. The first-order chi connectivity index (χ1) is 25.4. The molecule has 2 N–H and O–H groups in total. The number of aldehydes is 1. The average molecular weight is 713 g/mol. The highest BCUT2D eigenvalue weighted by Gasteiger charge is 2.37. The molecular formula is C41H36N4O8. The van der Waals surface area contributed by atoms with Crippen molar-refractivity contribution < 1.29 is 38.3 Å². The molecule has 0 radical (unpaired) electrons. The van der Waals surface area contributed by atoms with Crippen LogP contribution in [-0.2, 0) is 24.0 Å². The summed E-state index contributed by atoms with van der Waals surface area (Å²) >= 11 is 0. The molecule has 0 aromatic heterocycles. The van der Waals surface area contributed by atoms with Crippen molar-refractivity contribution in [1.82, 2.24) is 10.6 Å². The smallest absolute Gasteiger partial charge is 0.343 e. The largest absolute Gasteiger partial charge is 0.423 e. The van der Waals surface area contributed by atoms with Gasteiger partial charge in [0, 0.05) is 18.9 Å². The summed E-state index contributed by atoms with van der Waals surface area (Å²) in [5.74, 6) is -2.86. The van der Waals surface area contributed by atoms with Gasteiger partial charge in [0.15, 0.2) is 0 Å². The van der Waals surface area contributed by atoms with Crippen LogP contribution in [0.1, 0.15) is 46.5 Å². The number of amides is 4. The van der Waals surface area contributed by atoms with E-state index >= 15 is 0 Å². The van der Waals surface area contributed by atoms with Crippen molar-refractivity contribution >= 4 is 74.6 Å². The van der Waals surface area contributed by atoms with Crippen LogP contribution >= 0.6 is 0 Å². The number of ketones is 1. The number of ether oxygens (including phenoxy) is 1. The van der Waals surface area contributed by atoms with Crippen molar-refractivity contribution in [3.8, 4) is 5.75 Å². The van der Waals surface area contributed by atoms with Gasteiger partial charge in [0.25, 0.3) is 11.8 Å². The molecule has 53 heavy (non-hydrogen) atoms. The Morgan fingerprint density at radius 3 is 2.13 bits per heavy atom. The first-order valence-corrected chi connectivity index (χ1v) is 16.9. The van der Waals surface area contributed by atoms with Gasteiger partial charge in [-0.2, -0.15) is 0 Å². The number of hydrogen-bond donors (Lipinski definition) is 2. The fourth-order valence-corrected chi connectivity index (χ4v) is 6.32. The van der Waals surface area contributed by atoms with Gasteiger partial charge < -0.3 is 25.1 Å². The molecule has 1 aliphatic heterocycles. The second-order valence-corrected chi connectivity index (χ2v) is 13.0. The maximum absolute atomic E-state index is 14.1. The summed E-state index contributed by atoms with van der Waals surface area (Å²) in [6.45, 7) is 3.87. The zero-order valence-electron chi connectivity index (χ0n) is 29.3. The van der Waals surface area contributed by atoms with Gasteiger partial charge in [0.2, 0.25) is 11.8 Å². The van der Waals surface area contributed by atoms with Crippen molar-refractivity contribution in [3.63, 3.8) is 0 Å². The number of anilines is 2. The van der Waals surface area contributed by atoms with E-state index in [4.69, 9.17) is 4.74 Å². The Morgan fingerprint density at radius 1 is 0.811 bits per heavy atom. The van der Waals surface area contributed by atoms with Crippen LogP contribution in [0.15, 0.2) is 97.1 Å². The topological polar surface area (TPSA) is 159 Å². The van der Waals surface area contributed by atoms with E-state index in [1.807, 2.05) is 31.2 Å². The first-order valence-electron chi connectivity index (χ1n) is 16.9. The number of rotatable bonds is 10. The van der Waals surface area contributed by atoms with Gasteiger partial charge in [-0.25, -0.2) is 4.79 Å². The molecule has 6 rings (SSSR count). The number of fused-ring (bicyclic) bond motifs is 3. The molecule has 5 aromatic rings. The highest BCUT2D eigenvalue weighted by Crippen LogP contribution is 2.33. The van der Waals surface area contributed by atoms with Crippen LogP contribution in [0.2, 0.25) is 0 Å². The van der Waals surface area contributed by atoms with E-state index in [9.17, 15) is 33.6 Å². The average Bonchev–Trinajstić information content (AvgIpc) is 3.24. The Kier molecular flexibility index (Phi) is 10.4. The monoisotopic (exact) mass is 712 g/mol. The Bertz CT molecular complexity index is 2320. The molecule has 1 aliphatic rings. The van der Waals surface area contributed by atoms with E-state index in [2.05, 4.69) is 10.6 Å². The summed E-state index contributed by atoms with van der Waals surface area (Å²) < 4.78 is 5.67. The molecule has 0 bridgehead atoms. The molecule has 2 atom stereocenters. The highest BCUT2D eigenvalue weighted by molar-refractivity contribution is 6.11. The predicted octanol–water partition coefficient (Wildman–Crippen LogP) is 4.68. The molecule has 5 aromatic carbocycles. The lowest BCUT2D eigenvalue weighted by Crippen LogP contribution is -2.54. The van der Waals surface area contributed by atoms with Crippen LogP contribution in [0.5, 0.6) is 5.75 Å². The van der Waals surface area contributed by atoms with Crippen molar-refractivity contribution in [3.05, 3.63) is 114 Å². The summed E-state index contributed by atoms with van der Waals surface area (Å²) in [4.78, 5) is 92.1. The summed E-state index contributed by atoms with van der Waals surface area (Å²) in [7, 11) is 0. The number of hydrogen-bond acceptors (Lipinski definition) is 8. The summed E-state index contributed by atoms with van der Waals surface area (Å²) in [6, 6.07) is 25.4. The molecule has 12 nitrogen and oxygen atoms in total. The van der Waals surface area contributed by atoms with Crippen molar-refractivity contribution in [1.29, 1.82) is 0 Å². The van der Waals surface area contributed by atoms with Gasteiger partial charge in [-0.05, 0) is 83.9 Å². The van der Waals surface area contributed by atoms with Crippen molar-refractivity contribution in [2.75, 3.05) is 22.9 Å². The maximum Gasteiger partial charge on any atom is 0.343 e. The molecular weight excluding hydrogens is 676 g/mol. The van der Waals surface area contributed by atoms with Crippen LogP contribution in [0.3, 0.4) is 0 Å². The van der Waals surface area contributed by atoms with Crippen LogP contribution in [0.25, 0.3) is 21.5 Å². The fourth-order valence-electron chi connectivity index (χ4n) is 6.32. The zero-order valence-corrected chi connectivity index (χ0v) is 29.3. The predicted molar refractivity (Wildman–Crippen MR) is 199 cm³/mol. The lowest BCUT2D eigenvalue weighted by molar-refractivity contribution is -0.127. The third-order valence-corrected chi connectivity index (χ3v) is 8.91. The lowest BCUT2D eigenvalue weighted by Gasteiger charge is -2.25. The van der Waals surface area contributed by atoms with E-state index < -0.39 is 48.2 Å². The van der Waals surface area contributed by atoms with Crippen LogP contribution in [-0.4, -0.2) is 66.8 Å². The van der Waals surface area contributed by atoms with Crippen LogP contribution < -0.4 is 25.2 Å². The van der Waals surface area contributed by atoms with Crippen LogP contribution in [0.4, 0.5) is 11.4 Å². The summed E-state index contributed by atoms with van der Waals surface area (Å²) in [6.07, 6.45) is 0.238. The minimum Gasteiger partial charge on any atom is -0.423 e. The van der Waals surface area contributed by atoms with E-state index in [0.29, 0.717) is 34.1 Å². The molecule has 0 saturated carbocycles. The van der Waals surface area contributed by atoms with E-state index in [0.717, 1.165) is 21.2 Å². The fraction of sp³-hybridized carbons (Fsp3) is 0.195. The molecule has 4 amide bonds. The number of para-hydroxylation sites is 2. The summed E-state index contributed by atoms with van der Waals surface area (Å²) in [5.41, 5.74) is 2.36. The van der Waals surface area contributed by atoms with E-state index in [-0.39, 0.29) is 30.0 Å². The number of Topliss-reactive ketones (excluding diaryl/α,β-unsaturated/α-hetero) is 1. The number of carbonyl (C=O) groups excluding carboxylic acids is 7. The Labute approximate surface area is 304 Å². The Morgan fingerprint density at radius 2 is 1.43 bits per heavy atom. The van der Waals surface area contributed by atoms with Gasteiger partial charge in [0.05, 0.1) is 29.5 Å². The number of nitrogens with one attached hydrogen (secondary N) is 2. The second kappa shape index (κ2) is 15.3. The molecule has 12 heteroatoms. The molecule has 268 valence electrons. The Hall–Kier alpha value is -6.69. The molecule has 0 unspecified atom stereocenters. The molecule has 1 heterocycles. The highest BCUT2D eigenvalue weighted by atomic mass is 16.5. The van der Waals surface area contributed by atoms with Gasteiger partial charge in [0.1, 0.15) is 30.4 Å². The SMILES string of the molecule is CC(=O)C[C@@H](C=O)NC(=O)CN1C(=O)[C@@H](NC(=O)c2ccc3cc(OC(=O)c4ccc5cc(C)ccc5c4)ccc3c2)CN(C(C)=O)c2ccccc21. The number of esters is 1. The number of aryl methyl sites for hydroxylation is 1. The first kappa shape index (κ1) is 36.1. The minimum atomic E-state index is -1.26. The lowest BCUT2D eigenvalue weighted by atomic mass is 10.0. The third kappa shape index (κ3) is 8.12. The van der Waals surface area contributed by atoms with Crippen molar-refractivity contribution in [2.24, 2.45) is 0 Å². The van der Waals surface area contributed by atoms with Crippen molar-refractivity contribution in [2.45, 2.75) is 39.3 Å². The van der Waals surface area contributed by atoms with Gasteiger partial charge >= 0.3 is 5.97 Å². The molecule has 0 aliphatic carbocycles. The summed E-state index contributed by atoms with van der Waals surface area (Å²) in [5, 5.41) is 8.50. The molecule has 0 spiro atoms. The third-order valence-electron chi connectivity index (χ3n) is 8.91. The van der Waals surface area contributed by atoms with E-state index in [1.165, 1.54) is 18.7 Å². The number of nitrogens with zero attached hydrogens (tertiary/aromatic N) is 2. The second-order valence-electron chi connectivity index (χ2n) is 13.0. The quantitative estimate of drug-likeness (QED) is 0.120. The Balaban J connectivity index is 1.20.